The van der Waals surface area contributed by atoms with Crippen LogP contribution in [0.3, 0.4) is 0 Å². The highest BCUT2D eigenvalue weighted by atomic mass is 32.1. The maximum absolute atomic E-state index is 13.7. The van der Waals surface area contributed by atoms with Crippen LogP contribution in [-0.4, -0.2) is 66.4 Å². The number of rotatable bonds is 3. The second-order valence-electron chi connectivity index (χ2n) is 6.15. The summed E-state index contributed by atoms with van der Waals surface area (Å²) >= 11 is 1.45. The van der Waals surface area contributed by atoms with Crippen molar-refractivity contribution >= 4 is 39.0 Å². The summed E-state index contributed by atoms with van der Waals surface area (Å²) < 4.78 is 14.6. The van der Waals surface area contributed by atoms with Crippen LogP contribution in [0.4, 0.5) is 9.52 Å². The lowest BCUT2D eigenvalue weighted by molar-refractivity contribution is -0.139. The second kappa shape index (κ2) is 6.01. The predicted octanol–water partition coefficient (Wildman–Crippen LogP) is 1.17. The van der Waals surface area contributed by atoms with Crippen LogP contribution in [0.25, 0.3) is 10.2 Å². The van der Waals surface area contributed by atoms with Crippen LogP contribution in [0, 0.1) is 11.7 Å². The zero-order valence-corrected chi connectivity index (χ0v) is 13.8. The number of carbonyl (C=O) groups is 2. The number of hydrogen-bond donors (Lipinski definition) is 0. The summed E-state index contributed by atoms with van der Waals surface area (Å²) in [5.41, 5.74) is 0.400. The molecule has 2 aromatic rings. The van der Waals surface area contributed by atoms with Gasteiger partial charge < -0.3 is 14.7 Å². The number of anilines is 1. The Kier molecular flexibility index (Phi) is 3.84. The fraction of sp³-hybridized carbons (Fsp3) is 0.438. The number of thiazole rings is 1. The van der Waals surface area contributed by atoms with Crippen LogP contribution >= 0.6 is 11.3 Å². The lowest BCUT2D eigenvalue weighted by Gasteiger charge is -2.42. The summed E-state index contributed by atoms with van der Waals surface area (Å²) in [4.78, 5) is 33.1. The van der Waals surface area contributed by atoms with Crippen molar-refractivity contribution in [3.8, 4) is 0 Å². The highest BCUT2D eigenvalue weighted by Gasteiger charge is 2.37. The average molecular weight is 348 g/mol. The number of carbonyl (C=O) groups excluding carboxylic acids is 2. The number of benzene rings is 1. The van der Waals surface area contributed by atoms with E-state index in [0.29, 0.717) is 44.8 Å². The fourth-order valence-electron chi connectivity index (χ4n) is 3.14. The van der Waals surface area contributed by atoms with Crippen molar-refractivity contribution in [1.29, 1.82) is 0 Å². The lowest BCUT2D eigenvalue weighted by atomic mass is 9.99. The summed E-state index contributed by atoms with van der Waals surface area (Å²) in [6.07, 6.45) is 0.832. The molecule has 126 valence electrons. The first-order valence-electron chi connectivity index (χ1n) is 7.94. The SMILES string of the molecule is O=CN1CCN(C(=O)C2CN(c3nc4c(F)cccc4s3)C2)CC1. The molecule has 6 nitrogen and oxygen atoms in total. The van der Waals surface area contributed by atoms with Crippen LogP contribution in [0.15, 0.2) is 18.2 Å². The first-order valence-corrected chi connectivity index (χ1v) is 8.75. The molecule has 2 fully saturated rings. The molecule has 8 heteroatoms. The number of hydrogen-bond acceptors (Lipinski definition) is 5. The predicted molar refractivity (Wildman–Crippen MR) is 89.5 cm³/mol. The standard InChI is InChI=1S/C16H17FN4O2S/c17-12-2-1-3-13-14(12)18-16(24-13)21-8-11(9-21)15(23)20-6-4-19(10-22)5-7-20/h1-3,10-11H,4-9H2. The van der Waals surface area contributed by atoms with Gasteiger partial charge in [-0.05, 0) is 12.1 Å². The molecule has 4 rings (SSSR count). The number of nitrogens with zero attached hydrogens (tertiary/aromatic N) is 4. The first kappa shape index (κ1) is 15.3. The number of piperazine rings is 1. The minimum atomic E-state index is -0.309. The van der Waals surface area contributed by atoms with Gasteiger partial charge in [0.25, 0.3) is 0 Å². The summed E-state index contributed by atoms with van der Waals surface area (Å²) in [6.45, 7) is 3.63. The van der Waals surface area contributed by atoms with Crippen molar-refractivity contribution in [3.05, 3.63) is 24.0 Å². The minimum absolute atomic E-state index is 0.0374. The van der Waals surface area contributed by atoms with Crippen LogP contribution in [0.2, 0.25) is 0 Å². The Hall–Kier alpha value is -2.22. The molecule has 2 aliphatic rings. The molecular formula is C16H17FN4O2S. The molecule has 0 atom stereocenters. The summed E-state index contributed by atoms with van der Waals surface area (Å²) in [6, 6.07) is 4.95. The van der Waals surface area contributed by atoms with Crippen molar-refractivity contribution in [2.75, 3.05) is 44.2 Å². The number of para-hydroxylation sites is 1. The van der Waals surface area contributed by atoms with Crippen molar-refractivity contribution < 1.29 is 14.0 Å². The Morgan fingerprint density at radius 3 is 2.67 bits per heavy atom. The van der Waals surface area contributed by atoms with Gasteiger partial charge in [-0.1, -0.05) is 17.4 Å². The van der Waals surface area contributed by atoms with Crippen LogP contribution in [0.1, 0.15) is 0 Å². The molecule has 2 amide bonds. The molecule has 0 bridgehead atoms. The van der Waals surface area contributed by atoms with Crippen molar-refractivity contribution in [2.45, 2.75) is 0 Å². The van der Waals surface area contributed by atoms with Crippen molar-refractivity contribution in [3.63, 3.8) is 0 Å². The van der Waals surface area contributed by atoms with Gasteiger partial charge in [-0.3, -0.25) is 9.59 Å². The molecule has 0 aliphatic carbocycles. The van der Waals surface area contributed by atoms with Gasteiger partial charge in [-0.25, -0.2) is 9.37 Å². The second-order valence-corrected chi connectivity index (χ2v) is 7.16. The molecule has 24 heavy (non-hydrogen) atoms. The maximum atomic E-state index is 13.7. The van der Waals surface area contributed by atoms with Gasteiger partial charge in [0.2, 0.25) is 12.3 Å². The molecular weight excluding hydrogens is 331 g/mol. The van der Waals surface area contributed by atoms with E-state index < -0.39 is 0 Å². The van der Waals surface area contributed by atoms with Gasteiger partial charge >= 0.3 is 0 Å². The van der Waals surface area contributed by atoms with Gasteiger partial charge in [0.15, 0.2) is 5.13 Å². The molecule has 0 unspecified atom stereocenters. The van der Waals surface area contributed by atoms with Gasteiger partial charge in [0, 0.05) is 39.3 Å². The van der Waals surface area contributed by atoms with Gasteiger partial charge in [0.05, 0.1) is 10.6 Å². The molecule has 2 saturated heterocycles. The smallest absolute Gasteiger partial charge is 0.229 e. The lowest BCUT2D eigenvalue weighted by Crippen LogP contribution is -2.57. The van der Waals surface area contributed by atoms with Crippen LogP contribution < -0.4 is 4.90 Å². The number of amides is 2. The Balaban J connectivity index is 1.38. The number of fused-ring (bicyclic) bond motifs is 1. The van der Waals surface area contributed by atoms with E-state index in [-0.39, 0.29) is 17.6 Å². The van der Waals surface area contributed by atoms with Gasteiger partial charge in [0.1, 0.15) is 11.3 Å². The Morgan fingerprint density at radius 1 is 1.25 bits per heavy atom. The topological polar surface area (TPSA) is 56.8 Å². The van der Waals surface area contributed by atoms with E-state index in [9.17, 15) is 14.0 Å². The molecule has 1 aromatic carbocycles. The Labute approximate surface area is 142 Å². The van der Waals surface area contributed by atoms with Crippen LogP contribution in [0.5, 0.6) is 0 Å². The highest BCUT2D eigenvalue weighted by molar-refractivity contribution is 7.22. The minimum Gasteiger partial charge on any atom is -0.346 e. The molecule has 0 radical (unpaired) electrons. The normalized spacial score (nSPS) is 18.8. The van der Waals surface area contributed by atoms with Crippen molar-refractivity contribution in [1.82, 2.24) is 14.8 Å². The van der Waals surface area contributed by atoms with E-state index in [1.807, 2.05) is 15.9 Å². The third-order valence-electron chi connectivity index (χ3n) is 4.63. The Morgan fingerprint density at radius 2 is 2.00 bits per heavy atom. The molecule has 0 saturated carbocycles. The third-order valence-corrected chi connectivity index (χ3v) is 5.72. The van der Waals surface area contributed by atoms with Gasteiger partial charge in [-0.2, -0.15) is 0 Å². The largest absolute Gasteiger partial charge is 0.346 e. The van der Waals surface area contributed by atoms with E-state index in [1.165, 1.54) is 17.4 Å². The fourth-order valence-corrected chi connectivity index (χ4v) is 4.13. The maximum Gasteiger partial charge on any atom is 0.229 e. The molecule has 3 heterocycles. The van der Waals surface area contributed by atoms with Crippen molar-refractivity contribution in [2.24, 2.45) is 5.92 Å². The average Bonchev–Trinajstić information content (AvgIpc) is 2.98. The highest BCUT2D eigenvalue weighted by Crippen LogP contribution is 2.34. The molecule has 0 N–H and O–H groups in total. The molecule has 2 aliphatic heterocycles. The monoisotopic (exact) mass is 348 g/mol. The zero-order chi connectivity index (χ0) is 16.7. The van der Waals surface area contributed by atoms with Gasteiger partial charge in [-0.15, -0.1) is 0 Å². The number of halogens is 1. The quantitative estimate of drug-likeness (QED) is 0.782. The van der Waals surface area contributed by atoms with E-state index in [0.717, 1.165) is 16.2 Å². The van der Waals surface area contributed by atoms with Crippen LogP contribution in [-0.2, 0) is 9.59 Å². The molecule has 1 aromatic heterocycles. The van der Waals surface area contributed by atoms with E-state index in [2.05, 4.69) is 4.98 Å². The third kappa shape index (κ3) is 2.60. The Bertz CT molecular complexity index is 781. The molecule has 0 spiro atoms. The summed E-state index contributed by atoms with van der Waals surface area (Å²) in [7, 11) is 0. The summed E-state index contributed by atoms with van der Waals surface area (Å²) in [5.74, 6) is -0.204. The summed E-state index contributed by atoms with van der Waals surface area (Å²) in [5, 5.41) is 0.768. The van der Waals surface area contributed by atoms with E-state index in [4.69, 9.17) is 0 Å². The van der Waals surface area contributed by atoms with E-state index in [1.54, 1.807) is 11.0 Å². The first-order chi connectivity index (χ1) is 11.7. The number of aromatic nitrogens is 1. The van der Waals surface area contributed by atoms with E-state index >= 15 is 0 Å². The zero-order valence-electron chi connectivity index (χ0n) is 13.0.